The quantitative estimate of drug-likeness (QED) is 0.162. The molecule has 9 aromatic carbocycles. The summed E-state index contributed by atoms with van der Waals surface area (Å²) in [5, 5.41) is 2.63. The van der Waals surface area contributed by atoms with Crippen molar-refractivity contribution in [1.82, 2.24) is 0 Å². The van der Waals surface area contributed by atoms with Gasteiger partial charge in [-0.25, -0.2) is 0 Å². The number of thiophene rings is 1. The van der Waals surface area contributed by atoms with Crippen molar-refractivity contribution >= 4 is 48.6 Å². The van der Waals surface area contributed by atoms with Crippen molar-refractivity contribution in [3.63, 3.8) is 0 Å². The third-order valence-electron chi connectivity index (χ3n) is 13.4. The van der Waals surface area contributed by atoms with Crippen molar-refractivity contribution in [1.29, 1.82) is 0 Å². The van der Waals surface area contributed by atoms with E-state index in [1.807, 2.05) is 11.3 Å². The van der Waals surface area contributed by atoms with Gasteiger partial charge in [0.15, 0.2) is 0 Å². The van der Waals surface area contributed by atoms with Gasteiger partial charge in [0.05, 0.1) is 5.41 Å². The van der Waals surface area contributed by atoms with Gasteiger partial charge < -0.3 is 4.90 Å². The number of benzene rings is 9. The Labute approximate surface area is 355 Å². The Morgan fingerprint density at radius 1 is 0.350 bits per heavy atom. The summed E-state index contributed by atoms with van der Waals surface area (Å²) >= 11 is 1.88. The molecule has 0 fully saturated rings. The molecule has 0 aliphatic heterocycles. The van der Waals surface area contributed by atoms with Gasteiger partial charge in [0.2, 0.25) is 0 Å². The predicted molar refractivity (Wildman–Crippen MR) is 254 cm³/mol. The lowest BCUT2D eigenvalue weighted by molar-refractivity contribution is 0.660. The highest BCUT2D eigenvalue weighted by molar-refractivity contribution is 7.25. The average molecular weight is 784 g/mol. The Kier molecular flexibility index (Phi) is 7.73. The third kappa shape index (κ3) is 5.04. The molecule has 0 saturated heterocycles. The Hall–Kier alpha value is -7.00. The Bertz CT molecular complexity index is 3280. The lowest BCUT2D eigenvalue weighted by atomic mass is 9.67. The van der Waals surface area contributed by atoms with Crippen LogP contribution < -0.4 is 4.90 Å². The number of rotatable bonds is 6. The summed E-state index contributed by atoms with van der Waals surface area (Å²) in [5.74, 6) is 0. The van der Waals surface area contributed by atoms with E-state index in [1.54, 1.807) is 0 Å². The fraction of sp³-hybridized carbons (Fsp3) is 0.0690. The molecule has 1 atom stereocenters. The Morgan fingerprint density at radius 3 is 1.63 bits per heavy atom. The first kappa shape index (κ1) is 35.0. The topological polar surface area (TPSA) is 3.24 Å². The molecule has 12 rings (SSSR count). The van der Waals surface area contributed by atoms with Crippen molar-refractivity contribution in [2.45, 2.75) is 24.7 Å². The van der Waals surface area contributed by atoms with E-state index in [4.69, 9.17) is 0 Å². The van der Waals surface area contributed by atoms with Crippen LogP contribution in [-0.4, -0.2) is 0 Å². The lowest BCUT2D eigenvalue weighted by Crippen LogP contribution is -2.28. The van der Waals surface area contributed by atoms with Gasteiger partial charge in [-0.05, 0) is 121 Å². The van der Waals surface area contributed by atoms with Crippen LogP contribution in [-0.2, 0) is 10.8 Å². The van der Waals surface area contributed by atoms with Crippen LogP contribution in [0.25, 0.3) is 53.6 Å². The molecule has 0 amide bonds. The van der Waals surface area contributed by atoms with Crippen LogP contribution in [0.3, 0.4) is 0 Å². The van der Waals surface area contributed by atoms with Gasteiger partial charge in [-0.2, -0.15) is 0 Å². The summed E-state index contributed by atoms with van der Waals surface area (Å²) in [5.41, 5.74) is 18.3. The second-order valence-corrected chi connectivity index (χ2v) is 17.9. The highest BCUT2D eigenvalue weighted by Gasteiger charge is 2.46. The highest BCUT2D eigenvalue weighted by Crippen LogP contribution is 2.58. The van der Waals surface area contributed by atoms with Gasteiger partial charge in [-0.1, -0.05) is 172 Å². The molecule has 0 saturated carbocycles. The van der Waals surface area contributed by atoms with E-state index in [0.29, 0.717) is 0 Å². The number of hydrogen-bond donors (Lipinski definition) is 0. The van der Waals surface area contributed by atoms with E-state index < -0.39 is 5.41 Å². The first-order valence-corrected chi connectivity index (χ1v) is 21.7. The molecule has 1 unspecified atom stereocenters. The molecule has 0 bridgehead atoms. The molecule has 1 aromatic heterocycles. The summed E-state index contributed by atoms with van der Waals surface area (Å²) in [6.45, 7) is 4.74. The minimum Gasteiger partial charge on any atom is -0.310 e. The fourth-order valence-electron chi connectivity index (χ4n) is 10.6. The van der Waals surface area contributed by atoms with Crippen LogP contribution in [0.4, 0.5) is 17.1 Å². The zero-order valence-corrected chi connectivity index (χ0v) is 34.4. The summed E-state index contributed by atoms with van der Waals surface area (Å²) in [6, 6.07) is 79.4. The zero-order valence-electron chi connectivity index (χ0n) is 33.6. The summed E-state index contributed by atoms with van der Waals surface area (Å²) in [7, 11) is 0. The van der Waals surface area contributed by atoms with Gasteiger partial charge in [-0.3, -0.25) is 0 Å². The Balaban J connectivity index is 1.11. The van der Waals surface area contributed by atoms with E-state index in [0.717, 1.165) is 17.1 Å². The zero-order chi connectivity index (χ0) is 40.0. The summed E-state index contributed by atoms with van der Waals surface area (Å²) in [4.78, 5) is 2.47. The fourth-order valence-corrected chi connectivity index (χ4v) is 11.6. The van der Waals surface area contributed by atoms with Gasteiger partial charge in [0.1, 0.15) is 0 Å². The third-order valence-corrected chi connectivity index (χ3v) is 14.5. The molecule has 1 nitrogen and oxygen atoms in total. The van der Waals surface area contributed by atoms with Crippen molar-refractivity contribution in [3.8, 4) is 33.4 Å². The van der Waals surface area contributed by atoms with Crippen LogP contribution in [0.5, 0.6) is 0 Å². The second kappa shape index (κ2) is 13.3. The van der Waals surface area contributed by atoms with Crippen molar-refractivity contribution in [3.05, 3.63) is 246 Å². The molecular formula is C58H41NS. The molecule has 0 N–H and O–H groups in total. The maximum Gasteiger partial charge on any atom is 0.0714 e. The molecule has 284 valence electrons. The average Bonchev–Trinajstić information content (AvgIpc) is 3.90. The molecule has 0 radical (unpaired) electrons. The van der Waals surface area contributed by atoms with Crippen molar-refractivity contribution in [2.75, 3.05) is 4.90 Å². The molecule has 2 heteroatoms. The molecule has 60 heavy (non-hydrogen) atoms. The second-order valence-electron chi connectivity index (χ2n) is 16.8. The first-order chi connectivity index (χ1) is 29.5. The maximum atomic E-state index is 2.50. The van der Waals surface area contributed by atoms with Crippen LogP contribution in [0.1, 0.15) is 47.2 Å². The van der Waals surface area contributed by atoms with E-state index in [2.05, 4.69) is 231 Å². The SMILES string of the molecule is CC1(C)c2ccccc2-c2ccc(N(c3ccc(-c4ccccc4)cc3)c3ccc4c(c3)C(c3ccccc3)(c3ccc5sc6ccccc6c5c3)c3ccccc3-4)cc21. The number of anilines is 3. The van der Waals surface area contributed by atoms with Gasteiger partial charge in [0.25, 0.3) is 0 Å². The normalized spacial score (nSPS) is 15.7. The van der Waals surface area contributed by atoms with Crippen molar-refractivity contribution < 1.29 is 0 Å². The molecule has 1 heterocycles. The van der Waals surface area contributed by atoms with Crippen molar-refractivity contribution in [2.24, 2.45) is 0 Å². The first-order valence-electron chi connectivity index (χ1n) is 20.9. The van der Waals surface area contributed by atoms with Gasteiger partial charge >= 0.3 is 0 Å². The van der Waals surface area contributed by atoms with Gasteiger partial charge in [-0.15, -0.1) is 11.3 Å². The minimum absolute atomic E-state index is 0.128. The standard InChI is InChI=1S/C58H41NS/c1-57(2)51-22-12-9-19-45(51)47-32-30-43(36-53(47)57)59(42-28-25-39(26-29-42)38-15-5-3-6-16-38)44-31-33-48-46-20-10-13-23-52(46)58(54(48)37-44,40-17-7-4-8-18-40)41-27-34-56-50(35-41)49-21-11-14-24-55(49)60-56/h3-37H,1-2H3. The van der Waals surface area contributed by atoms with Crippen LogP contribution in [0, 0.1) is 0 Å². The molecule has 2 aliphatic rings. The number of hydrogen-bond acceptors (Lipinski definition) is 2. The molecule has 10 aromatic rings. The predicted octanol–water partition coefficient (Wildman–Crippen LogP) is 15.9. The summed E-state index contributed by atoms with van der Waals surface area (Å²) in [6.07, 6.45) is 0. The largest absolute Gasteiger partial charge is 0.310 e. The highest BCUT2D eigenvalue weighted by atomic mass is 32.1. The number of fused-ring (bicyclic) bond motifs is 9. The van der Waals surface area contributed by atoms with E-state index in [-0.39, 0.29) is 5.41 Å². The molecular weight excluding hydrogens is 743 g/mol. The Morgan fingerprint density at radius 2 is 0.883 bits per heavy atom. The molecule has 0 spiro atoms. The maximum absolute atomic E-state index is 2.50. The molecule has 2 aliphatic carbocycles. The monoisotopic (exact) mass is 783 g/mol. The summed E-state index contributed by atoms with van der Waals surface area (Å²) < 4.78 is 2.64. The smallest absolute Gasteiger partial charge is 0.0714 e. The van der Waals surface area contributed by atoms with E-state index in [9.17, 15) is 0 Å². The van der Waals surface area contributed by atoms with Gasteiger partial charge in [0, 0.05) is 42.6 Å². The van der Waals surface area contributed by atoms with Crippen LogP contribution in [0.15, 0.2) is 212 Å². The van der Waals surface area contributed by atoms with E-state index >= 15 is 0 Å². The number of nitrogens with zero attached hydrogens (tertiary/aromatic N) is 1. The van der Waals surface area contributed by atoms with E-state index in [1.165, 1.54) is 86.9 Å². The lowest BCUT2D eigenvalue weighted by Gasteiger charge is -2.35. The van der Waals surface area contributed by atoms with Crippen LogP contribution >= 0.6 is 11.3 Å². The minimum atomic E-state index is -0.551. The van der Waals surface area contributed by atoms with Crippen LogP contribution in [0.2, 0.25) is 0 Å².